The van der Waals surface area contributed by atoms with Gasteiger partial charge in [0.2, 0.25) is 0 Å². The number of ether oxygens (including phenoxy) is 3. The second kappa shape index (κ2) is 10.1. The Kier molecular flexibility index (Phi) is 10.00. The zero-order chi connectivity index (χ0) is 21.7. The van der Waals surface area contributed by atoms with Crippen LogP contribution in [0, 0.1) is 5.41 Å². The molecule has 0 aliphatic rings. The Morgan fingerprint density at radius 3 is 1.00 bits per heavy atom. The topological polar surface area (TPSA) is 78.9 Å². The molecule has 6 nitrogen and oxygen atoms in total. The van der Waals surface area contributed by atoms with Gasteiger partial charge in [-0.2, -0.15) is 0 Å². The molecule has 0 radical (unpaired) electrons. The Morgan fingerprint density at radius 2 is 0.852 bits per heavy atom. The van der Waals surface area contributed by atoms with Crippen LogP contribution in [0.3, 0.4) is 0 Å². The van der Waals surface area contributed by atoms with Gasteiger partial charge in [0, 0.05) is 0 Å². The first-order valence-corrected chi connectivity index (χ1v) is 10.9. The van der Waals surface area contributed by atoms with Crippen LogP contribution in [0.2, 0.25) is 0 Å². The highest BCUT2D eigenvalue weighted by Gasteiger charge is 2.39. The molecular formula is C18H29Br3O6. The first-order valence-electron chi connectivity index (χ1n) is 8.53. The molecule has 0 fully saturated rings. The third-order valence-corrected chi connectivity index (χ3v) is 4.71. The van der Waals surface area contributed by atoms with Gasteiger partial charge in [-0.15, -0.1) is 0 Å². The van der Waals surface area contributed by atoms with E-state index in [4.69, 9.17) is 14.2 Å². The molecule has 0 unspecified atom stereocenters. The van der Waals surface area contributed by atoms with Gasteiger partial charge in [0.15, 0.2) is 0 Å². The molecule has 0 amide bonds. The molecule has 27 heavy (non-hydrogen) atoms. The van der Waals surface area contributed by atoms with Crippen molar-refractivity contribution in [3.63, 3.8) is 0 Å². The summed E-state index contributed by atoms with van der Waals surface area (Å²) in [5.41, 5.74) is -0.851. The van der Waals surface area contributed by atoms with Crippen molar-refractivity contribution in [2.24, 2.45) is 5.41 Å². The summed E-state index contributed by atoms with van der Waals surface area (Å²) in [6.45, 7) is 11.7. The lowest BCUT2D eigenvalue weighted by molar-refractivity contribution is -0.164. The first-order chi connectivity index (χ1) is 11.9. The molecule has 0 spiro atoms. The quantitative estimate of drug-likeness (QED) is 0.215. The van der Waals surface area contributed by atoms with Crippen molar-refractivity contribution in [2.45, 2.75) is 67.9 Å². The fourth-order valence-corrected chi connectivity index (χ4v) is 1.95. The maximum absolute atomic E-state index is 12.1. The molecular weight excluding hydrogens is 552 g/mol. The van der Waals surface area contributed by atoms with E-state index in [1.807, 2.05) is 6.92 Å². The highest BCUT2D eigenvalue weighted by Crippen LogP contribution is 2.29. The van der Waals surface area contributed by atoms with E-state index in [9.17, 15) is 14.4 Å². The summed E-state index contributed by atoms with van der Waals surface area (Å²) < 4.78 is 13.7. The van der Waals surface area contributed by atoms with Crippen molar-refractivity contribution in [3.8, 4) is 0 Å². The lowest BCUT2D eigenvalue weighted by Gasteiger charge is -2.33. The van der Waals surface area contributed by atoms with E-state index in [2.05, 4.69) is 47.8 Å². The van der Waals surface area contributed by atoms with Crippen LogP contribution < -0.4 is 0 Å². The molecule has 0 aromatic carbocycles. The van der Waals surface area contributed by atoms with Crippen molar-refractivity contribution >= 4 is 65.7 Å². The molecule has 158 valence electrons. The number of hydrogen-bond donors (Lipinski definition) is 0. The number of rotatable bonds is 10. The maximum Gasteiger partial charge on any atom is 0.322 e. The lowest BCUT2D eigenvalue weighted by Crippen LogP contribution is -2.43. The van der Waals surface area contributed by atoms with Crippen LogP contribution in [0.25, 0.3) is 0 Å². The van der Waals surface area contributed by atoms with E-state index in [1.165, 1.54) is 0 Å². The molecule has 0 bridgehead atoms. The number of hydrogen-bond acceptors (Lipinski definition) is 6. The largest absolute Gasteiger partial charge is 0.464 e. The van der Waals surface area contributed by atoms with Crippen LogP contribution in [0.5, 0.6) is 0 Å². The molecule has 0 saturated carbocycles. The number of carbonyl (C=O) groups excluding carboxylic acids is 3. The van der Waals surface area contributed by atoms with Gasteiger partial charge in [-0.25, -0.2) is 0 Å². The molecule has 0 aromatic heterocycles. The van der Waals surface area contributed by atoms with Crippen LogP contribution >= 0.6 is 47.8 Å². The highest BCUT2D eigenvalue weighted by molar-refractivity contribution is 9.10. The fraction of sp³-hybridized carbons (Fsp3) is 0.833. The number of alkyl halides is 3. The monoisotopic (exact) mass is 578 g/mol. The summed E-state index contributed by atoms with van der Waals surface area (Å²) >= 11 is 9.76. The van der Waals surface area contributed by atoms with Crippen molar-refractivity contribution in [1.82, 2.24) is 0 Å². The predicted molar refractivity (Wildman–Crippen MR) is 115 cm³/mol. The van der Waals surface area contributed by atoms with E-state index in [-0.39, 0.29) is 19.8 Å². The minimum absolute atomic E-state index is 0.0522. The molecule has 0 N–H and O–H groups in total. The molecule has 0 rings (SSSR count). The summed E-state index contributed by atoms with van der Waals surface area (Å²) in [4.78, 5) is 36.4. The summed E-state index contributed by atoms with van der Waals surface area (Å²) in [6, 6.07) is 0. The number of halogens is 3. The van der Waals surface area contributed by atoms with Crippen LogP contribution in [-0.4, -0.2) is 50.7 Å². The van der Waals surface area contributed by atoms with Gasteiger partial charge in [-0.3, -0.25) is 14.4 Å². The van der Waals surface area contributed by atoms with Crippen molar-refractivity contribution in [3.05, 3.63) is 0 Å². The average molecular weight is 581 g/mol. The van der Waals surface area contributed by atoms with E-state index < -0.39 is 36.3 Å². The van der Waals surface area contributed by atoms with Gasteiger partial charge < -0.3 is 14.2 Å². The van der Waals surface area contributed by atoms with Crippen LogP contribution in [0.15, 0.2) is 0 Å². The lowest BCUT2D eigenvalue weighted by atomic mass is 9.87. The molecule has 0 saturated heterocycles. The minimum atomic E-state index is -0.852. The minimum Gasteiger partial charge on any atom is -0.464 e. The van der Waals surface area contributed by atoms with Gasteiger partial charge in [-0.05, 0) is 48.0 Å². The van der Waals surface area contributed by atoms with Gasteiger partial charge in [0.1, 0.15) is 32.8 Å². The molecule has 0 heterocycles. The fourth-order valence-electron chi connectivity index (χ4n) is 1.60. The Morgan fingerprint density at radius 1 is 0.630 bits per heavy atom. The third kappa shape index (κ3) is 9.74. The summed E-state index contributed by atoms with van der Waals surface area (Å²) in [6.07, 6.45) is 0.467. The predicted octanol–water partition coefficient (Wildman–Crippen LogP) is 4.53. The van der Waals surface area contributed by atoms with Crippen molar-refractivity contribution in [2.75, 3.05) is 19.8 Å². The number of esters is 3. The van der Waals surface area contributed by atoms with E-state index in [0.717, 1.165) is 0 Å². The molecule has 0 atom stereocenters. The Labute approximate surface area is 186 Å². The smallest absolute Gasteiger partial charge is 0.322 e. The standard InChI is InChI=1S/C18H29Br3O6/c1-8-18(9-25-12(22)15(2,3)19,10-26-13(23)16(4,5)20)11-27-14(24)17(6,7)21/h8-11H2,1-7H3. The van der Waals surface area contributed by atoms with Crippen molar-refractivity contribution in [1.29, 1.82) is 0 Å². The normalized spacial score (nSPS) is 13.1. The summed E-state index contributed by atoms with van der Waals surface area (Å²) in [7, 11) is 0. The SMILES string of the molecule is CCC(COC(=O)C(C)(C)Br)(COC(=O)C(C)(C)Br)COC(=O)C(C)(C)Br. The van der Waals surface area contributed by atoms with Gasteiger partial charge in [0.05, 0.1) is 5.41 Å². The van der Waals surface area contributed by atoms with Gasteiger partial charge >= 0.3 is 17.9 Å². The van der Waals surface area contributed by atoms with Gasteiger partial charge in [0.25, 0.3) is 0 Å². The second-order valence-electron chi connectivity index (χ2n) is 8.00. The summed E-state index contributed by atoms with van der Waals surface area (Å²) in [5, 5.41) is 0. The zero-order valence-corrected chi connectivity index (χ0v) is 21.7. The van der Waals surface area contributed by atoms with Crippen molar-refractivity contribution < 1.29 is 28.6 Å². The zero-order valence-electron chi connectivity index (χ0n) is 16.9. The highest BCUT2D eigenvalue weighted by atomic mass is 79.9. The Hall–Kier alpha value is -0.150. The van der Waals surface area contributed by atoms with Crippen LogP contribution in [-0.2, 0) is 28.6 Å². The van der Waals surface area contributed by atoms with E-state index in [1.54, 1.807) is 41.5 Å². The van der Waals surface area contributed by atoms with Crippen LogP contribution in [0.4, 0.5) is 0 Å². The Bertz CT molecular complexity index is 467. The number of carbonyl (C=O) groups is 3. The summed E-state index contributed by atoms with van der Waals surface area (Å²) in [5.74, 6) is -1.38. The molecule has 0 aliphatic carbocycles. The molecule has 9 heteroatoms. The molecule has 0 aromatic rings. The molecule has 0 aliphatic heterocycles. The van der Waals surface area contributed by atoms with E-state index in [0.29, 0.717) is 6.42 Å². The first kappa shape index (κ1) is 26.9. The third-order valence-electron chi connectivity index (χ3n) is 3.73. The Balaban J connectivity index is 5.32. The van der Waals surface area contributed by atoms with Gasteiger partial charge in [-0.1, -0.05) is 54.7 Å². The van der Waals surface area contributed by atoms with Crippen LogP contribution in [0.1, 0.15) is 54.9 Å². The van der Waals surface area contributed by atoms with E-state index >= 15 is 0 Å². The second-order valence-corrected chi connectivity index (χ2v) is 13.9. The average Bonchev–Trinajstić information content (AvgIpc) is 2.50. The maximum atomic E-state index is 12.1.